The number of hydrogen-bond donors (Lipinski definition) is 0. The summed E-state index contributed by atoms with van der Waals surface area (Å²) in [4.78, 5) is 14.2. The Balaban J connectivity index is 1.66. The van der Waals surface area contributed by atoms with Gasteiger partial charge < -0.3 is 9.47 Å². The molecule has 2 saturated heterocycles. The van der Waals surface area contributed by atoms with Crippen LogP contribution >= 0.6 is 0 Å². The Labute approximate surface area is 135 Å². The van der Waals surface area contributed by atoms with Crippen LogP contribution in [0.3, 0.4) is 0 Å². The highest BCUT2D eigenvalue weighted by Crippen LogP contribution is 2.50. The average Bonchev–Trinajstić information content (AvgIpc) is 3.29. The monoisotopic (exact) mass is 309 g/mol. The van der Waals surface area contributed by atoms with Crippen LogP contribution in [0.5, 0.6) is 0 Å². The van der Waals surface area contributed by atoms with E-state index in [1.54, 1.807) is 4.90 Å². The van der Waals surface area contributed by atoms with Crippen molar-refractivity contribution in [1.29, 1.82) is 0 Å². The molecule has 4 heteroatoms. The van der Waals surface area contributed by atoms with Crippen molar-refractivity contribution in [3.05, 3.63) is 71.8 Å². The van der Waals surface area contributed by atoms with Gasteiger partial charge in [-0.25, -0.2) is 4.79 Å². The first kappa shape index (κ1) is 14.3. The van der Waals surface area contributed by atoms with Crippen LogP contribution in [0.4, 0.5) is 4.79 Å². The predicted molar refractivity (Wildman–Crippen MR) is 85.6 cm³/mol. The molecule has 0 unspecified atom stereocenters. The molecule has 1 amide bonds. The summed E-state index contributed by atoms with van der Waals surface area (Å²) in [5, 5.41) is 0. The second-order valence-corrected chi connectivity index (χ2v) is 6.55. The summed E-state index contributed by atoms with van der Waals surface area (Å²) in [6.07, 6.45) is -0.659. The predicted octanol–water partition coefficient (Wildman–Crippen LogP) is 4.06. The quantitative estimate of drug-likeness (QED) is 0.803. The zero-order chi connectivity index (χ0) is 16.0. The van der Waals surface area contributed by atoms with E-state index < -0.39 is 5.60 Å². The Hall–Kier alpha value is -2.33. The van der Waals surface area contributed by atoms with Crippen molar-refractivity contribution < 1.29 is 14.3 Å². The molecule has 2 heterocycles. The lowest BCUT2D eigenvalue weighted by Gasteiger charge is -2.28. The van der Waals surface area contributed by atoms with E-state index in [1.165, 1.54) is 0 Å². The number of nitrogens with zero attached hydrogens (tertiary/aromatic N) is 1. The maximum atomic E-state index is 12.5. The Morgan fingerprint density at radius 1 is 0.913 bits per heavy atom. The van der Waals surface area contributed by atoms with Crippen molar-refractivity contribution >= 4 is 6.09 Å². The average molecular weight is 309 g/mol. The third-order valence-corrected chi connectivity index (χ3v) is 4.48. The Morgan fingerprint density at radius 3 is 2.09 bits per heavy atom. The largest absolute Gasteiger partial charge is 0.441 e. The Bertz CT molecular complexity index is 714. The molecule has 118 valence electrons. The number of ether oxygens (including phenoxy) is 2. The van der Waals surface area contributed by atoms with Gasteiger partial charge >= 0.3 is 6.09 Å². The van der Waals surface area contributed by atoms with Crippen molar-refractivity contribution in [2.75, 3.05) is 0 Å². The molecule has 0 aliphatic carbocycles. The van der Waals surface area contributed by atoms with Crippen LogP contribution in [0.15, 0.2) is 60.7 Å². The highest BCUT2D eigenvalue weighted by molar-refractivity contribution is 5.73. The molecule has 4 nitrogen and oxygen atoms in total. The second-order valence-electron chi connectivity index (χ2n) is 6.55. The van der Waals surface area contributed by atoms with Gasteiger partial charge in [0.25, 0.3) is 0 Å². The third-order valence-electron chi connectivity index (χ3n) is 4.48. The van der Waals surface area contributed by atoms with E-state index in [0.29, 0.717) is 0 Å². The molecular weight excluding hydrogens is 290 g/mol. The van der Waals surface area contributed by atoms with Gasteiger partial charge in [0, 0.05) is 0 Å². The molecule has 0 spiro atoms. The first-order valence-corrected chi connectivity index (χ1v) is 7.84. The highest BCUT2D eigenvalue weighted by atomic mass is 16.6. The Morgan fingerprint density at radius 2 is 1.48 bits per heavy atom. The fraction of sp³-hybridized carbons (Fsp3) is 0.316. The topological polar surface area (TPSA) is 42.1 Å². The second kappa shape index (κ2) is 5.10. The van der Waals surface area contributed by atoms with Crippen molar-refractivity contribution in [3.63, 3.8) is 0 Å². The molecule has 23 heavy (non-hydrogen) atoms. The third kappa shape index (κ3) is 2.39. The van der Waals surface area contributed by atoms with Gasteiger partial charge in [-0.15, -0.1) is 0 Å². The van der Waals surface area contributed by atoms with Gasteiger partial charge in [0.05, 0.1) is 0 Å². The van der Waals surface area contributed by atoms with Gasteiger partial charge in [0.15, 0.2) is 6.23 Å². The van der Waals surface area contributed by atoms with E-state index in [9.17, 15) is 4.79 Å². The molecule has 0 saturated carbocycles. The number of epoxide rings is 1. The smallest absolute Gasteiger partial charge is 0.413 e. The minimum absolute atomic E-state index is 0.0798. The summed E-state index contributed by atoms with van der Waals surface area (Å²) in [5.74, 6) is 0. The molecular formula is C19H19NO3. The van der Waals surface area contributed by atoms with Crippen LogP contribution in [0.2, 0.25) is 0 Å². The SMILES string of the molecule is CC1(C)OC(=O)N([C@@H]2O[C@@H]2c2ccccc2)[C@H]1c1ccccc1. The molecule has 0 radical (unpaired) electrons. The van der Waals surface area contributed by atoms with Gasteiger partial charge in [0.1, 0.15) is 17.7 Å². The standard InChI is InChI=1S/C19H19NO3/c1-19(2)16(14-11-7-4-8-12-14)20(18(21)23-19)17-15(22-17)13-9-5-3-6-10-13/h3-12,15-17H,1-2H3/t15-,16+,17-/m1/s1. The van der Waals surface area contributed by atoms with Gasteiger partial charge in [-0.05, 0) is 25.0 Å². The molecule has 2 aliphatic heterocycles. The lowest BCUT2D eigenvalue weighted by molar-refractivity contribution is 0.0668. The molecule has 2 aliphatic rings. The molecule has 3 atom stereocenters. The minimum atomic E-state index is -0.592. The van der Waals surface area contributed by atoms with E-state index in [1.807, 2.05) is 74.5 Å². The molecule has 2 fully saturated rings. The van der Waals surface area contributed by atoms with Crippen LogP contribution in [-0.2, 0) is 9.47 Å². The molecule has 2 aromatic carbocycles. The van der Waals surface area contributed by atoms with Crippen LogP contribution in [0.1, 0.15) is 37.1 Å². The normalized spacial score (nSPS) is 28.5. The Kier molecular flexibility index (Phi) is 3.16. The first-order chi connectivity index (χ1) is 11.1. The molecule has 2 aromatic rings. The number of carbonyl (C=O) groups excluding carboxylic acids is 1. The molecule has 0 aromatic heterocycles. The van der Waals surface area contributed by atoms with Gasteiger partial charge in [-0.2, -0.15) is 0 Å². The van der Waals surface area contributed by atoms with Gasteiger partial charge in [0.2, 0.25) is 0 Å². The molecule has 4 rings (SSSR count). The van der Waals surface area contributed by atoms with Crippen LogP contribution in [0, 0.1) is 0 Å². The maximum absolute atomic E-state index is 12.5. The van der Waals surface area contributed by atoms with Crippen LogP contribution in [-0.4, -0.2) is 22.8 Å². The van der Waals surface area contributed by atoms with E-state index in [0.717, 1.165) is 11.1 Å². The van der Waals surface area contributed by atoms with Crippen molar-refractivity contribution in [2.24, 2.45) is 0 Å². The fourth-order valence-electron chi connectivity index (χ4n) is 3.42. The lowest BCUT2D eigenvalue weighted by Crippen LogP contribution is -2.35. The summed E-state index contributed by atoms with van der Waals surface area (Å²) in [6.45, 7) is 3.89. The number of hydrogen-bond acceptors (Lipinski definition) is 3. The van der Waals surface area contributed by atoms with Crippen molar-refractivity contribution in [3.8, 4) is 0 Å². The van der Waals surface area contributed by atoms with Crippen LogP contribution < -0.4 is 0 Å². The van der Waals surface area contributed by atoms with Crippen molar-refractivity contribution in [2.45, 2.75) is 37.8 Å². The zero-order valence-corrected chi connectivity index (χ0v) is 13.2. The van der Waals surface area contributed by atoms with Crippen LogP contribution in [0.25, 0.3) is 0 Å². The summed E-state index contributed by atoms with van der Waals surface area (Å²) >= 11 is 0. The first-order valence-electron chi connectivity index (χ1n) is 7.84. The van der Waals surface area contributed by atoms with Gasteiger partial charge in [-0.3, -0.25) is 4.90 Å². The van der Waals surface area contributed by atoms with E-state index in [2.05, 4.69) is 0 Å². The molecule has 0 N–H and O–H groups in total. The minimum Gasteiger partial charge on any atom is -0.441 e. The summed E-state index contributed by atoms with van der Waals surface area (Å²) < 4.78 is 11.4. The number of benzene rings is 2. The number of carbonyl (C=O) groups is 1. The maximum Gasteiger partial charge on any atom is 0.413 e. The lowest BCUT2D eigenvalue weighted by atomic mass is 9.91. The number of rotatable bonds is 3. The summed E-state index contributed by atoms with van der Waals surface area (Å²) in [5.41, 5.74) is 1.55. The zero-order valence-electron chi connectivity index (χ0n) is 13.2. The van der Waals surface area contributed by atoms with E-state index in [4.69, 9.17) is 9.47 Å². The van der Waals surface area contributed by atoms with E-state index >= 15 is 0 Å². The van der Waals surface area contributed by atoms with E-state index in [-0.39, 0.29) is 24.5 Å². The van der Waals surface area contributed by atoms with Crippen molar-refractivity contribution in [1.82, 2.24) is 4.90 Å². The fourth-order valence-corrected chi connectivity index (χ4v) is 3.42. The highest BCUT2D eigenvalue weighted by Gasteiger charge is 2.58. The number of cyclic esters (lactones) is 1. The summed E-state index contributed by atoms with van der Waals surface area (Å²) in [7, 11) is 0. The van der Waals surface area contributed by atoms with Gasteiger partial charge in [-0.1, -0.05) is 60.7 Å². The number of amides is 1. The molecule has 0 bridgehead atoms. The summed E-state index contributed by atoms with van der Waals surface area (Å²) in [6, 6.07) is 19.8.